The molecule has 0 aliphatic carbocycles. The lowest BCUT2D eigenvalue weighted by Crippen LogP contribution is -2.20. The number of nitrogens with zero attached hydrogens (tertiary/aromatic N) is 2. The van der Waals surface area contributed by atoms with E-state index in [9.17, 15) is 4.79 Å². The summed E-state index contributed by atoms with van der Waals surface area (Å²) in [4.78, 5) is 17.2. The number of para-hydroxylation sites is 1. The van der Waals surface area contributed by atoms with Gasteiger partial charge in [0, 0.05) is 0 Å². The van der Waals surface area contributed by atoms with Crippen molar-refractivity contribution >= 4 is 28.7 Å². The first-order chi connectivity index (χ1) is 12.1. The van der Waals surface area contributed by atoms with E-state index in [0.29, 0.717) is 39.5 Å². The normalized spacial score (nSPS) is 10.4. The molecule has 0 aliphatic rings. The maximum absolute atomic E-state index is 12.4. The van der Waals surface area contributed by atoms with Crippen LogP contribution in [0.5, 0.6) is 11.5 Å². The predicted molar refractivity (Wildman–Crippen MR) is 94.5 cm³/mol. The number of aromatic nitrogens is 2. The fraction of sp³-hybridized carbons (Fsp3) is 0.188. The molecule has 8 nitrogen and oxygen atoms in total. The molecule has 0 bridgehead atoms. The van der Waals surface area contributed by atoms with Crippen LogP contribution < -0.4 is 20.1 Å². The Balaban J connectivity index is 1.78. The molecular formula is C16H16N4O4S. The third-order valence-electron chi connectivity index (χ3n) is 3.29. The van der Waals surface area contributed by atoms with Crippen molar-refractivity contribution in [1.29, 1.82) is 0 Å². The molecule has 0 saturated carbocycles. The number of amides is 2. The van der Waals surface area contributed by atoms with Gasteiger partial charge in [-0.2, -0.15) is 4.98 Å². The van der Waals surface area contributed by atoms with E-state index in [4.69, 9.17) is 14.0 Å². The first kappa shape index (κ1) is 16.8. The summed E-state index contributed by atoms with van der Waals surface area (Å²) >= 11 is 1.39. The monoisotopic (exact) mass is 360 g/mol. The second-order valence-corrected chi connectivity index (χ2v) is 5.85. The van der Waals surface area contributed by atoms with Gasteiger partial charge in [0.25, 0.3) is 5.89 Å². The van der Waals surface area contributed by atoms with Gasteiger partial charge in [-0.25, -0.2) is 4.79 Å². The highest BCUT2D eigenvalue weighted by Crippen LogP contribution is 2.35. The van der Waals surface area contributed by atoms with E-state index in [2.05, 4.69) is 20.8 Å². The molecule has 3 aromatic rings. The number of carbonyl (C=O) groups is 1. The summed E-state index contributed by atoms with van der Waals surface area (Å²) in [5, 5.41) is 11.1. The average Bonchev–Trinajstić information content (AvgIpc) is 3.23. The Morgan fingerprint density at radius 1 is 1.16 bits per heavy atom. The standard InChI is InChI=1S/C16H16N4O4S/c1-9-17-15(24-20-9)14-11(7-8-25-14)19-16(21)18-10-5-4-6-12(22-2)13(10)23-3/h4-8H,1-3H3,(H2,18,19,21). The Morgan fingerprint density at radius 3 is 2.64 bits per heavy atom. The van der Waals surface area contributed by atoms with Crippen molar-refractivity contribution < 1.29 is 18.8 Å². The summed E-state index contributed by atoms with van der Waals surface area (Å²) in [5.41, 5.74) is 1.07. The van der Waals surface area contributed by atoms with E-state index < -0.39 is 6.03 Å². The molecular weight excluding hydrogens is 344 g/mol. The van der Waals surface area contributed by atoms with Gasteiger partial charge in [0.05, 0.1) is 25.6 Å². The second-order valence-electron chi connectivity index (χ2n) is 4.93. The maximum atomic E-state index is 12.4. The van der Waals surface area contributed by atoms with Gasteiger partial charge >= 0.3 is 6.03 Å². The van der Waals surface area contributed by atoms with Crippen molar-refractivity contribution in [2.45, 2.75) is 6.92 Å². The smallest absolute Gasteiger partial charge is 0.323 e. The number of thiophene rings is 1. The molecule has 0 radical (unpaired) electrons. The summed E-state index contributed by atoms with van der Waals surface area (Å²) in [6.45, 7) is 1.73. The van der Waals surface area contributed by atoms with E-state index in [1.54, 1.807) is 31.2 Å². The number of aryl methyl sites for hydroxylation is 1. The number of nitrogens with one attached hydrogen (secondary N) is 2. The number of anilines is 2. The highest BCUT2D eigenvalue weighted by atomic mass is 32.1. The third-order valence-corrected chi connectivity index (χ3v) is 4.19. The van der Waals surface area contributed by atoms with E-state index in [1.165, 1.54) is 25.6 Å². The largest absolute Gasteiger partial charge is 0.493 e. The maximum Gasteiger partial charge on any atom is 0.323 e. The van der Waals surface area contributed by atoms with Gasteiger partial charge in [-0.1, -0.05) is 11.2 Å². The van der Waals surface area contributed by atoms with Gasteiger partial charge in [-0.05, 0) is 30.5 Å². The Bertz CT molecular complexity index is 890. The van der Waals surface area contributed by atoms with Crippen LogP contribution in [0, 0.1) is 6.92 Å². The van der Waals surface area contributed by atoms with Gasteiger partial charge in [0.1, 0.15) is 4.88 Å². The summed E-state index contributed by atoms with van der Waals surface area (Å²) in [7, 11) is 3.04. The minimum absolute atomic E-state index is 0.363. The molecule has 0 fully saturated rings. The second kappa shape index (κ2) is 7.22. The molecule has 2 aromatic heterocycles. The van der Waals surface area contributed by atoms with Gasteiger partial charge < -0.3 is 24.6 Å². The van der Waals surface area contributed by atoms with Gasteiger partial charge in [0.15, 0.2) is 17.3 Å². The quantitative estimate of drug-likeness (QED) is 0.719. The molecule has 2 amide bonds. The SMILES string of the molecule is COc1cccc(NC(=O)Nc2ccsc2-c2nc(C)no2)c1OC. The number of ether oxygens (including phenoxy) is 2. The number of carbonyl (C=O) groups excluding carboxylic acids is 1. The molecule has 0 atom stereocenters. The highest BCUT2D eigenvalue weighted by Gasteiger charge is 2.17. The number of benzene rings is 1. The van der Waals surface area contributed by atoms with Crippen LogP contribution >= 0.6 is 11.3 Å². The lowest BCUT2D eigenvalue weighted by Gasteiger charge is -2.13. The molecule has 0 spiro atoms. The molecule has 3 rings (SSSR count). The summed E-state index contributed by atoms with van der Waals surface area (Å²) in [6, 6.07) is 6.56. The summed E-state index contributed by atoms with van der Waals surface area (Å²) < 4.78 is 15.7. The lowest BCUT2D eigenvalue weighted by atomic mass is 10.2. The molecule has 9 heteroatoms. The highest BCUT2D eigenvalue weighted by molar-refractivity contribution is 7.14. The van der Waals surface area contributed by atoms with Crippen molar-refractivity contribution in [2.75, 3.05) is 24.9 Å². The zero-order chi connectivity index (χ0) is 17.8. The molecule has 0 unspecified atom stereocenters. The first-order valence-electron chi connectivity index (χ1n) is 7.29. The number of rotatable bonds is 5. The fourth-order valence-electron chi connectivity index (χ4n) is 2.22. The third kappa shape index (κ3) is 3.56. The topological polar surface area (TPSA) is 98.5 Å². The Kier molecular flexibility index (Phi) is 4.85. The van der Waals surface area contributed by atoms with Crippen LogP contribution in [0.1, 0.15) is 5.82 Å². The van der Waals surface area contributed by atoms with Crippen LogP contribution in [0.15, 0.2) is 34.2 Å². The van der Waals surface area contributed by atoms with Crippen LogP contribution in [0.3, 0.4) is 0 Å². The van der Waals surface area contributed by atoms with E-state index in [0.717, 1.165) is 0 Å². The predicted octanol–water partition coefficient (Wildman–Crippen LogP) is 3.77. The lowest BCUT2D eigenvalue weighted by molar-refractivity contribution is 0.262. The molecule has 25 heavy (non-hydrogen) atoms. The van der Waals surface area contributed by atoms with Crippen molar-refractivity contribution in [2.24, 2.45) is 0 Å². The van der Waals surface area contributed by atoms with Crippen LogP contribution in [-0.4, -0.2) is 30.4 Å². The minimum Gasteiger partial charge on any atom is -0.493 e. The first-order valence-corrected chi connectivity index (χ1v) is 8.17. The van der Waals surface area contributed by atoms with Crippen LogP contribution in [0.2, 0.25) is 0 Å². The molecule has 0 aliphatic heterocycles. The summed E-state index contributed by atoms with van der Waals surface area (Å²) in [6.07, 6.45) is 0. The van der Waals surface area contributed by atoms with Gasteiger partial charge in [-0.15, -0.1) is 11.3 Å². The Hall–Kier alpha value is -3.07. The van der Waals surface area contributed by atoms with Gasteiger partial charge in [0.2, 0.25) is 0 Å². The fourth-order valence-corrected chi connectivity index (χ4v) is 2.99. The number of methoxy groups -OCH3 is 2. The van der Waals surface area contributed by atoms with Crippen molar-refractivity contribution in [3.8, 4) is 22.3 Å². The number of hydrogen-bond acceptors (Lipinski definition) is 7. The molecule has 2 N–H and O–H groups in total. The van der Waals surface area contributed by atoms with E-state index >= 15 is 0 Å². The van der Waals surface area contributed by atoms with Crippen molar-refractivity contribution in [3.63, 3.8) is 0 Å². The summed E-state index contributed by atoms with van der Waals surface area (Å²) in [5.74, 6) is 1.86. The number of urea groups is 1. The molecule has 130 valence electrons. The average molecular weight is 360 g/mol. The molecule has 0 saturated heterocycles. The van der Waals surface area contributed by atoms with E-state index in [1.807, 2.05) is 5.38 Å². The van der Waals surface area contributed by atoms with Crippen LogP contribution in [0.4, 0.5) is 16.2 Å². The van der Waals surface area contributed by atoms with Crippen LogP contribution in [0.25, 0.3) is 10.8 Å². The Morgan fingerprint density at radius 2 is 1.96 bits per heavy atom. The van der Waals surface area contributed by atoms with Gasteiger partial charge in [-0.3, -0.25) is 0 Å². The van der Waals surface area contributed by atoms with Crippen LogP contribution in [-0.2, 0) is 0 Å². The molecule has 2 heterocycles. The Labute approximate surface area is 147 Å². The minimum atomic E-state index is -0.428. The zero-order valence-electron chi connectivity index (χ0n) is 13.8. The van der Waals surface area contributed by atoms with Crippen molar-refractivity contribution in [1.82, 2.24) is 10.1 Å². The zero-order valence-corrected chi connectivity index (χ0v) is 14.6. The molecule has 1 aromatic carbocycles. The number of hydrogen-bond donors (Lipinski definition) is 2. The van der Waals surface area contributed by atoms with Crippen molar-refractivity contribution in [3.05, 3.63) is 35.5 Å². The van der Waals surface area contributed by atoms with E-state index in [-0.39, 0.29) is 0 Å².